The molecule has 0 saturated heterocycles. The maximum atomic E-state index is 12.1. The van der Waals surface area contributed by atoms with E-state index in [0.717, 1.165) is 5.56 Å². The third-order valence-corrected chi connectivity index (χ3v) is 5.39. The van der Waals surface area contributed by atoms with Crippen molar-refractivity contribution < 1.29 is 13.2 Å². The number of carbonyl (C=O) groups excluding carboxylic acids is 1. The molecule has 2 aromatic rings. The van der Waals surface area contributed by atoms with Crippen LogP contribution in [-0.4, -0.2) is 20.1 Å². The lowest BCUT2D eigenvalue weighted by Gasteiger charge is -2.06. The van der Waals surface area contributed by atoms with E-state index in [4.69, 9.17) is 11.6 Å². The second-order valence-electron chi connectivity index (χ2n) is 5.14. The summed E-state index contributed by atoms with van der Waals surface area (Å²) in [7, 11) is -3.38. The molecule has 1 amide bonds. The molecule has 2 aromatic carbocycles. The fraction of sp³-hybridized carbons (Fsp3) is 0.235. The van der Waals surface area contributed by atoms with Gasteiger partial charge in [0.05, 0.1) is 10.6 Å². The Bertz CT molecular complexity index is 743. The molecule has 0 spiro atoms. The Morgan fingerprint density at radius 2 is 1.65 bits per heavy atom. The van der Waals surface area contributed by atoms with E-state index in [0.29, 0.717) is 11.6 Å². The fourth-order valence-electron chi connectivity index (χ4n) is 2.07. The Kier molecular flexibility index (Phi) is 6.19. The summed E-state index contributed by atoms with van der Waals surface area (Å²) in [4.78, 5) is 12.0. The highest BCUT2D eigenvalue weighted by atomic mass is 35.5. The molecule has 0 aromatic heterocycles. The Morgan fingerprint density at radius 1 is 1.00 bits per heavy atom. The Hall–Kier alpha value is -1.85. The van der Waals surface area contributed by atoms with E-state index in [-0.39, 0.29) is 29.4 Å². The first-order valence-corrected chi connectivity index (χ1v) is 9.29. The van der Waals surface area contributed by atoms with E-state index in [1.807, 2.05) is 30.3 Å². The van der Waals surface area contributed by atoms with Crippen molar-refractivity contribution in [3.8, 4) is 0 Å². The van der Waals surface area contributed by atoms with Crippen molar-refractivity contribution in [2.45, 2.75) is 24.3 Å². The number of nitrogens with one attached hydrogen (secondary N) is 1. The number of rotatable bonds is 7. The first-order valence-electron chi connectivity index (χ1n) is 7.26. The first-order chi connectivity index (χ1) is 11.0. The van der Waals surface area contributed by atoms with Gasteiger partial charge in [0.15, 0.2) is 9.84 Å². The molecular weight excluding hydrogens is 334 g/mol. The second kappa shape index (κ2) is 8.13. The molecule has 0 unspecified atom stereocenters. The van der Waals surface area contributed by atoms with Gasteiger partial charge in [0, 0.05) is 18.0 Å². The zero-order valence-electron chi connectivity index (χ0n) is 12.5. The van der Waals surface area contributed by atoms with Crippen LogP contribution >= 0.6 is 11.6 Å². The molecule has 0 radical (unpaired) electrons. The van der Waals surface area contributed by atoms with Crippen molar-refractivity contribution in [2.75, 3.05) is 5.75 Å². The molecule has 6 heteroatoms. The minimum Gasteiger partial charge on any atom is -0.352 e. The number of halogens is 1. The van der Waals surface area contributed by atoms with Gasteiger partial charge in [-0.25, -0.2) is 8.42 Å². The maximum Gasteiger partial charge on any atom is 0.220 e. The zero-order chi connectivity index (χ0) is 16.7. The minimum absolute atomic E-state index is 0.0621. The van der Waals surface area contributed by atoms with Gasteiger partial charge in [-0.15, -0.1) is 0 Å². The van der Waals surface area contributed by atoms with Crippen LogP contribution in [0.3, 0.4) is 0 Å². The normalized spacial score (nSPS) is 11.2. The smallest absolute Gasteiger partial charge is 0.220 e. The number of benzene rings is 2. The molecule has 0 heterocycles. The minimum atomic E-state index is -3.38. The molecule has 23 heavy (non-hydrogen) atoms. The largest absolute Gasteiger partial charge is 0.352 e. The molecule has 0 saturated carbocycles. The molecule has 0 aliphatic carbocycles. The van der Waals surface area contributed by atoms with Gasteiger partial charge in [0.25, 0.3) is 0 Å². The molecule has 0 aliphatic rings. The van der Waals surface area contributed by atoms with E-state index in [2.05, 4.69) is 5.32 Å². The monoisotopic (exact) mass is 351 g/mol. The summed E-state index contributed by atoms with van der Waals surface area (Å²) in [5.41, 5.74) is 1.01. The van der Waals surface area contributed by atoms with E-state index in [1.54, 1.807) is 12.1 Å². The van der Waals surface area contributed by atoms with Crippen LogP contribution in [0.4, 0.5) is 0 Å². The predicted octanol–water partition coefficient (Wildman–Crippen LogP) is 3.21. The van der Waals surface area contributed by atoms with Crippen molar-refractivity contribution in [1.29, 1.82) is 0 Å². The van der Waals surface area contributed by atoms with E-state index in [1.165, 1.54) is 12.1 Å². The number of amides is 1. The molecule has 0 bridgehead atoms. The van der Waals surface area contributed by atoms with Gasteiger partial charge in [-0.05, 0) is 36.2 Å². The summed E-state index contributed by atoms with van der Waals surface area (Å²) in [5, 5.41) is 3.27. The molecule has 1 N–H and O–H groups in total. The van der Waals surface area contributed by atoms with Gasteiger partial charge < -0.3 is 5.32 Å². The highest BCUT2D eigenvalue weighted by molar-refractivity contribution is 7.91. The van der Waals surface area contributed by atoms with E-state index >= 15 is 0 Å². The third kappa shape index (κ3) is 5.69. The summed E-state index contributed by atoms with van der Waals surface area (Å²) in [6.07, 6.45) is 0.464. The van der Waals surface area contributed by atoms with Crippen LogP contribution in [0, 0.1) is 0 Å². The highest BCUT2D eigenvalue weighted by Gasteiger charge is 2.14. The summed E-state index contributed by atoms with van der Waals surface area (Å²) in [5.74, 6) is -0.215. The van der Waals surface area contributed by atoms with Crippen molar-refractivity contribution in [1.82, 2.24) is 5.32 Å². The number of carbonyl (C=O) groups is 1. The molecule has 2 rings (SSSR count). The maximum absolute atomic E-state index is 12.1. The van der Waals surface area contributed by atoms with Crippen LogP contribution in [0.2, 0.25) is 5.02 Å². The number of hydrogen-bond acceptors (Lipinski definition) is 3. The van der Waals surface area contributed by atoms with Crippen molar-refractivity contribution in [2.24, 2.45) is 0 Å². The van der Waals surface area contributed by atoms with Crippen LogP contribution in [0.15, 0.2) is 59.5 Å². The van der Waals surface area contributed by atoms with Gasteiger partial charge in [0.1, 0.15) is 0 Å². The Morgan fingerprint density at radius 3 is 2.30 bits per heavy atom. The predicted molar refractivity (Wildman–Crippen MR) is 91.0 cm³/mol. The third-order valence-electron chi connectivity index (χ3n) is 3.32. The van der Waals surface area contributed by atoms with Crippen LogP contribution in [0.1, 0.15) is 18.4 Å². The average molecular weight is 352 g/mol. The highest BCUT2D eigenvalue weighted by Crippen LogP contribution is 2.16. The second-order valence-corrected chi connectivity index (χ2v) is 7.68. The summed E-state index contributed by atoms with van der Waals surface area (Å²) >= 11 is 5.75. The fourth-order valence-corrected chi connectivity index (χ4v) is 3.50. The first kappa shape index (κ1) is 17.5. The quantitative estimate of drug-likeness (QED) is 0.833. The number of hydrogen-bond donors (Lipinski definition) is 1. The van der Waals surface area contributed by atoms with Gasteiger partial charge in [0.2, 0.25) is 5.91 Å². The van der Waals surface area contributed by atoms with Crippen LogP contribution in [0.5, 0.6) is 0 Å². The van der Waals surface area contributed by atoms with Crippen molar-refractivity contribution in [3.05, 3.63) is 65.2 Å². The van der Waals surface area contributed by atoms with Crippen LogP contribution in [-0.2, 0) is 21.2 Å². The molecule has 0 aliphatic heterocycles. The molecule has 4 nitrogen and oxygen atoms in total. The van der Waals surface area contributed by atoms with Crippen molar-refractivity contribution >= 4 is 27.3 Å². The van der Waals surface area contributed by atoms with Gasteiger partial charge in [-0.3, -0.25) is 4.79 Å². The zero-order valence-corrected chi connectivity index (χ0v) is 14.1. The molecule has 122 valence electrons. The van der Waals surface area contributed by atoms with Gasteiger partial charge >= 0.3 is 0 Å². The average Bonchev–Trinajstić information content (AvgIpc) is 2.54. The summed E-state index contributed by atoms with van der Waals surface area (Å²) in [6, 6.07) is 15.6. The summed E-state index contributed by atoms with van der Waals surface area (Å²) in [6.45, 7) is 0.448. The molecule has 0 atom stereocenters. The lowest BCUT2D eigenvalue weighted by Crippen LogP contribution is -2.23. The molecular formula is C17H18ClNO3S. The van der Waals surface area contributed by atoms with E-state index in [9.17, 15) is 13.2 Å². The van der Waals surface area contributed by atoms with Crippen LogP contribution < -0.4 is 5.32 Å². The SMILES string of the molecule is O=C(CCCS(=O)(=O)c1ccc(Cl)cc1)NCc1ccccc1. The standard InChI is InChI=1S/C17H18ClNO3S/c18-15-8-10-16(11-9-15)23(21,22)12-4-7-17(20)19-13-14-5-2-1-3-6-14/h1-3,5-6,8-11H,4,7,12-13H2,(H,19,20). The lowest BCUT2D eigenvalue weighted by molar-refractivity contribution is -0.121. The van der Waals surface area contributed by atoms with Crippen molar-refractivity contribution in [3.63, 3.8) is 0 Å². The van der Waals surface area contributed by atoms with Crippen LogP contribution in [0.25, 0.3) is 0 Å². The summed E-state index contributed by atoms with van der Waals surface area (Å²) < 4.78 is 24.3. The Labute approximate surface area is 141 Å². The number of sulfone groups is 1. The molecule has 0 fully saturated rings. The Balaban J connectivity index is 1.77. The topological polar surface area (TPSA) is 63.2 Å². The van der Waals surface area contributed by atoms with Gasteiger partial charge in [-0.2, -0.15) is 0 Å². The van der Waals surface area contributed by atoms with E-state index < -0.39 is 9.84 Å². The van der Waals surface area contributed by atoms with Gasteiger partial charge in [-0.1, -0.05) is 41.9 Å². The lowest BCUT2D eigenvalue weighted by atomic mass is 10.2.